The van der Waals surface area contributed by atoms with Gasteiger partial charge in [-0.2, -0.15) is 4.31 Å². The number of amides is 1. The molecule has 0 atom stereocenters. The molecule has 2 aliphatic rings. The van der Waals surface area contributed by atoms with Gasteiger partial charge in [0.15, 0.2) is 5.78 Å². The minimum atomic E-state index is -3.95. The molecule has 0 aliphatic heterocycles. The van der Waals surface area contributed by atoms with E-state index in [-0.39, 0.29) is 46.7 Å². The lowest BCUT2D eigenvalue weighted by molar-refractivity contribution is -0.143. The van der Waals surface area contributed by atoms with Crippen molar-refractivity contribution in [2.45, 2.75) is 88.5 Å². The van der Waals surface area contributed by atoms with Crippen molar-refractivity contribution >= 4 is 50.7 Å². The molecule has 0 unspecified atom stereocenters. The molecule has 53 heavy (non-hydrogen) atoms. The summed E-state index contributed by atoms with van der Waals surface area (Å²) in [5, 5.41) is 21.5. The number of benzene rings is 3. The number of nitrogens with zero attached hydrogens (tertiary/aromatic N) is 1. The molecule has 1 fully saturated rings. The summed E-state index contributed by atoms with van der Waals surface area (Å²) in [6.45, 7) is 2.00. The van der Waals surface area contributed by atoms with Crippen molar-refractivity contribution in [1.82, 2.24) is 4.31 Å². The molecule has 6 rings (SSSR count). The lowest BCUT2D eigenvalue weighted by atomic mass is 9.86. The summed E-state index contributed by atoms with van der Waals surface area (Å²) in [6, 6.07) is 20.2. The van der Waals surface area contributed by atoms with Crippen molar-refractivity contribution in [1.29, 1.82) is 0 Å². The van der Waals surface area contributed by atoms with Gasteiger partial charge in [-0.3, -0.25) is 14.4 Å². The number of carbonyl (C=O) groups excluding carboxylic acids is 2. The standard InChI is InChI=1S/C41H44N2O8S2/c1-2-43(32-22-18-29(19-23-32)41(48)49)53(50,51)33-7-5-6-30(24-33)35(44)25-37-38(34-8-3-4-9-36(34)52-37)39(45)42-31-20-14-27(15-21-31)11-10-26-12-16-28(17-13-26)40(46)47/h5-7,12-17,20-21,24,29,32H,2-4,8-11,18-19,22-23,25H2,1H3,(H,42,45)(H,46,47)(H,48,49). The van der Waals surface area contributed by atoms with Crippen LogP contribution in [0, 0.1) is 5.92 Å². The summed E-state index contributed by atoms with van der Waals surface area (Å²) >= 11 is 1.49. The number of anilines is 1. The summed E-state index contributed by atoms with van der Waals surface area (Å²) in [6.07, 6.45) is 6.79. The number of nitrogens with one attached hydrogen (secondary N) is 1. The van der Waals surface area contributed by atoms with Crippen LogP contribution < -0.4 is 5.32 Å². The molecule has 3 N–H and O–H groups in total. The first-order chi connectivity index (χ1) is 25.4. The molecule has 4 aromatic rings. The number of carboxylic acids is 2. The number of fused-ring (bicyclic) bond motifs is 1. The third kappa shape index (κ3) is 8.77. The van der Waals surface area contributed by atoms with Gasteiger partial charge in [-0.15, -0.1) is 11.3 Å². The average molecular weight is 757 g/mol. The van der Waals surface area contributed by atoms with Crippen LogP contribution in [0.15, 0.2) is 77.7 Å². The smallest absolute Gasteiger partial charge is 0.335 e. The predicted molar refractivity (Wildman–Crippen MR) is 204 cm³/mol. The quantitative estimate of drug-likeness (QED) is 0.112. The maximum atomic E-state index is 13.9. The van der Waals surface area contributed by atoms with Crippen LogP contribution in [-0.2, 0) is 46.9 Å². The van der Waals surface area contributed by atoms with E-state index in [0.29, 0.717) is 41.8 Å². The first-order valence-corrected chi connectivity index (χ1v) is 20.4. The van der Waals surface area contributed by atoms with Crippen LogP contribution in [0.2, 0.25) is 0 Å². The summed E-state index contributed by atoms with van der Waals surface area (Å²) < 4.78 is 29.1. The molecule has 1 heterocycles. The Morgan fingerprint density at radius 1 is 0.830 bits per heavy atom. The molecule has 0 radical (unpaired) electrons. The minimum Gasteiger partial charge on any atom is -0.481 e. The van der Waals surface area contributed by atoms with Crippen LogP contribution in [0.3, 0.4) is 0 Å². The number of aliphatic carboxylic acids is 1. The zero-order valence-electron chi connectivity index (χ0n) is 29.7. The number of carboxylic acid groups (broad SMARTS) is 2. The van der Waals surface area contributed by atoms with Gasteiger partial charge in [0.2, 0.25) is 10.0 Å². The topological polar surface area (TPSA) is 158 Å². The van der Waals surface area contributed by atoms with Crippen molar-refractivity contribution in [2.75, 3.05) is 11.9 Å². The van der Waals surface area contributed by atoms with E-state index in [1.54, 1.807) is 31.2 Å². The van der Waals surface area contributed by atoms with Gasteiger partial charge >= 0.3 is 11.9 Å². The SMILES string of the molecule is CCN(C1CCC(C(=O)O)CC1)S(=O)(=O)c1cccc(C(=O)Cc2sc3c(c2C(=O)Nc2ccc(CCc4ccc(C(=O)O)cc4)cc2)CCCC3)c1. The second-order valence-electron chi connectivity index (χ2n) is 13.8. The number of aryl methyl sites for hydroxylation is 3. The van der Waals surface area contributed by atoms with Gasteiger partial charge in [-0.05, 0) is 117 Å². The highest BCUT2D eigenvalue weighted by Crippen LogP contribution is 2.36. The summed E-state index contributed by atoms with van der Waals surface area (Å²) in [7, 11) is -3.95. The molecule has 1 aromatic heterocycles. The lowest BCUT2D eigenvalue weighted by Gasteiger charge is -2.34. The molecule has 3 aromatic carbocycles. The first kappa shape index (κ1) is 38.1. The van der Waals surface area contributed by atoms with Crippen LogP contribution in [0.25, 0.3) is 0 Å². The Morgan fingerprint density at radius 2 is 1.47 bits per heavy atom. The number of hydrogen-bond acceptors (Lipinski definition) is 7. The van der Waals surface area contributed by atoms with Gasteiger partial charge in [0.1, 0.15) is 0 Å². The van der Waals surface area contributed by atoms with Crippen molar-refractivity contribution < 1.29 is 37.8 Å². The van der Waals surface area contributed by atoms with Crippen molar-refractivity contribution in [3.05, 3.63) is 116 Å². The molecule has 0 spiro atoms. The molecule has 10 nitrogen and oxygen atoms in total. The fourth-order valence-electron chi connectivity index (χ4n) is 7.51. The first-order valence-electron chi connectivity index (χ1n) is 18.2. The number of hydrogen-bond donors (Lipinski definition) is 3. The van der Waals surface area contributed by atoms with E-state index in [4.69, 9.17) is 5.11 Å². The summed E-state index contributed by atoms with van der Waals surface area (Å²) in [5.74, 6) is -2.81. The number of sulfonamides is 1. The van der Waals surface area contributed by atoms with E-state index >= 15 is 0 Å². The zero-order chi connectivity index (χ0) is 37.7. The molecule has 1 amide bonds. The van der Waals surface area contributed by atoms with Crippen LogP contribution >= 0.6 is 11.3 Å². The van der Waals surface area contributed by atoms with E-state index in [1.165, 1.54) is 27.8 Å². The third-order valence-corrected chi connectivity index (χ3v) is 13.8. The Morgan fingerprint density at radius 3 is 2.09 bits per heavy atom. The molecular formula is C41H44N2O8S2. The molecule has 12 heteroatoms. The van der Waals surface area contributed by atoms with Crippen molar-refractivity contribution in [2.24, 2.45) is 5.92 Å². The maximum absolute atomic E-state index is 13.9. The monoisotopic (exact) mass is 756 g/mol. The minimum absolute atomic E-state index is 0.0218. The Balaban J connectivity index is 1.15. The highest BCUT2D eigenvalue weighted by molar-refractivity contribution is 7.89. The second kappa shape index (κ2) is 16.6. The molecule has 278 valence electrons. The maximum Gasteiger partial charge on any atom is 0.335 e. The highest BCUT2D eigenvalue weighted by Gasteiger charge is 2.35. The van der Waals surface area contributed by atoms with E-state index in [9.17, 15) is 32.7 Å². The van der Waals surface area contributed by atoms with Gasteiger partial charge in [-0.25, -0.2) is 13.2 Å². The van der Waals surface area contributed by atoms with Crippen molar-refractivity contribution in [3.63, 3.8) is 0 Å². The predicted octanol–water partition coefficient (Wildman–Crippen LogP) is 7.44. The van der Waals surface area contributed by atoms with Crippen LogP contribution in [0.5, 0.6) is 0 Å². The number of Topliss-reactive ketones (excluding diaryl/α,β-unsaturated/α-hetero) is 1. The Bertz CT molecular complexity index is 2100. The number of rotatable bonds is 14. The average Bonchev–Trinajstić information content (AvgIpc) is 3.53. The van der Waals surface area contributed by atoms with Gasteiger partial charge in [0, 0.05) is 40.0 Å². The normalized spacial score (nSPS) is 17.2. The van der Waals surface area contributed by atoms with Gasteiger partial charge in [-0.1, -0.05) is 43.3 Å². The van der Waals surface area contributed by atoms with E-state index < -0.39 is 27.9 Å². The molecular weight excluding hydrogens is 713 g/mol. The van der Waals surface area contributed by atoms with Crippen LogP contribution in [-0.4, -0.2) is 59.2 Å². The van der Waals surface area contributed by atoms with Gasteiger partial charge in [0.05, 0.1) is 21.9 Å². The number of thiophene rings is 1. The molecule has 0 bridgehead atoms. The van der Waals surface area contributed by atoms with Crippen LogP contribution in [0.4, 0.5) is 5.69 Å². The van der Waals surface area contributed by atoms with Crippen LogP contribution in [0.1, 0.15) is 103 Å². The largest absolute Gasteiger partial charge is 0.481 e. The highest BCUT2D eigenvalue weighted by atomic mass is 32.2. The molecule has 0 saturated heterocycles. The fourth-order valence-corrected chi connectivity index (χ4v) is 10.6. The second-order valence-corrected chi connectivity index (χ2v) is 16.9. The lowest BCUT2D eigenvalue weighted by Crippen LogP contribution is -2.42. The molecule has 1 saturated carbocycles. The van der Waals surface area contributed by atoms with E-state index in [0.717, 1.165) is 60.1 Å². The number of ketones is 1. The van der Waals surface area contributed by atoms with Gasteiger partial charge in [0.25, 0.3) is 5.91 Å². The van der Waals surface area contributed by atoms with Crippen molar-refractivity contribution in [3.8, 4) is 0 Å². The molecule has 2 aliphatic carbocycles. The summed E-state index contributed by atoms with van der Waals surface area (Å²) in [5.41, 5.74) is 4.76. The third-order valence-electron chi connectivity index (χ3n) is 10.4. The van der Waals surface area contributed by atoms with E-state index in [2.05, 4.69) is 5.32 Å². The Kier molecular flexibility index (Phi) is 11.9. The summed E-state index contributed by atoms with van der Waals surface area (Å²) in [4.78, 5) is 52.1. The Hall–Kier alpha value is -4.65. The number of carbonyl (C=O) groups is 4. The van der Waals surface area contributed by atoms with Gasteiger partial charge < -0.3 is 15.5 Å². The Labute approximate surface area is 313 Å². The zero-order valence-corrected chi connectivity index (χ0v) is 31.3. The fraction of sp³-hybridized carbons (Fsp3) is 0.366. The van der Waals surface area contributed by atoms with E-state index in [1.807, 2.05) is 36.4 Å². The number of aromatic carboxylic acids is 1.